The number of aryl methyl sites for hydroxylation is 1. The topological polar surface area (TPSA) is 80.0 Å². The number of hydrogen-bond donors (Lipinski definition) is 3. The summed E-state index contributed by atoms with van der Waals surface area (Å²) in [5.41, 5.74) is 4.80. The molecule has 4 N–H and O–H groups in total. The maximum atomic E-state index is 12.2. The Morgan fingerprint density at radius 3 is 2.85 bits per heavy atom. The largest absolute Gasteiger partial charge is 0.323 e. The van der Waals surface area contributed by atoms with Gasteiger partial charge in [-0.3, -0.25) is 15.6 Å². The van der Waals surface area contributed by atoms with Crippen molar-refractivity contribution < 1.29 is 4.79 Å². The SMILES string of the molecule is Cc1cc(Br)c(NC(=O)c2cnccc2NN)cc1Cl. The molecule has 0 aliphatic carbocycles. The minimum absolute atomic E-state index is 0.327. The Labute approximate surface area is 129 Å². The van der Waals surface area contributed by atoms with Gasteiger partial charge in [-0.15, -0.1) is 0 Å². The summed E-state index contributed by atoms with van der Waals surface area (Å²) in [6.45, 7) is 1.89. The highest BCUT2D eigenvalue weighted by Crippen LogP contribution is 2.29. The molecule has 2 aromatic rings. The van der Waals surface area contributed by atoms with E-state index in [0.29, 0.717) is 22.0 Å². The number of anilines is 2. The van der Waals surface area contributed by atoms with Gasteiger partial charge in [0.1, 0.15) is 0 Å². The molecule has 1 aromatic carbocycles. The number of hydrazine groups is 1. The molecule has 0 aliphatic heterocycles. The van der Waals surface area contributed by atoms with Crippen molar-refractivity contribution in [3.8, 4) is 0 Å². The highest BCUT2D eigenvalue weighted by molar-refractivity contribution is 9.10. The second kappa shape index (κ2) is 6.21. The minimum atomic E-state index is -0.327. The van der Waals surface area contributed by atoms with Crippen molar-refractivity contribution in [3.05, 3.63) is 51.2 Å². The molecule has 5 nitrogen and oxygen atoms in total. The molecule has 0 fully saturated rings. The number of nitrogens with two attached hydrogens (primary N) is 1. The van der Waals surface area contributed by atoms with E-state index in [4.69, 9.17) is 17.4 Å². The number of aromatic nitrogens is 1. The summed E-state index contributed by atoms with van der Waals surface area (Å²) in [6, 6.07) is 5.14. The summed E-state index contributed by atoms with van der Waals surface area (Å²) >= 11 is 9.45. The van der Waals surface area contributed by atoms with Crippen molar-refractivity contribution in [1.82, 2.24) is 4.98 Å². The number of amides is 1. The van der Waals surface area contributed by atoms with E-state index in [0.717, 1.165) is 10.0 Å². The highest BCUT2D eigenvalue weighted by Gasteiger charge is 2.13. The number of benzene rings is 1. The van der Waals surface area contributed by atoms with Crippen LogP contribution in [0.5, 0.6) is 0 Å². The fourth-order valence-electron chi connectivity index (χ4n) is 1.63. The van der Waals surface area contributed by atoms with Gasteiger partial charge < -0.3 is 10.7 Å². The fourth-order valence-corrected chi connectivity index (χ4v) is 2.35. The zero-order valence-corrected chi connectivity index (χ0v) is 12.9. The van der Waals surface area contributed by atoms with Crippen LogP contribution in [-0.4, -0.2) is 10.9 Å². The van der Waals surface area contributed by atoms with Crippen LogP contribution in [0.2, 0.25) is 5.02 Å². The molecule has 0 saturated heterocycles. The molecule has 1 aromatic heterocycles. The second-order valence-corrected chi connectivity index (χ2v) is 5.36. The maximum absolute atomic E-state index is 12.2. The molecule has 20 heavy (non-hydrogen) atoms. The summed E-state index contributed by atoms with van der Waals surface area (Å²) in [5.74, 6) is 5.04. The quantitative estimate of drug-likeness (QED) is 0.583. The minimum Gasteiger partial charge on any atom is -0.323 e. The summed E-state index contributed by atoms with van der Waals surface area (Å²) in [6.07, 6.45) is 2.98. The van der Waals surface area contributed by atoms with Gasteiger partial charge in [-0.25, -0.2) is 0 Å². The molecule has 2 rings (SSSR count). The predicted octanol–water partition coefficient (Wildman–Crippen LogP) is 3.34. The lowest BCUT2D eigenvalue weighted by molar-refractivity contribution is 0.102. The number of rotatable bonds is 3. The molecule has 1 heterocycles. The first kappa shape index (κ1) is 14.8. The number of carbonyl (C=O) groups is 1. The monoisotopic (exact) mass is 354 g/mol. The molecule has 0 spiro atoms. The van der Waals surface area contributed by atoms with Gasteiger partial charge >= 0.3 is 0 Å². The molecular formula is C13H12BrClN4O. The Morgan fingerprint density at radius 1 is 1.40 bits per heavy atom. The Balaban J connectivity index is 2.30. The number of hydrogen-bond acceptors (Lipinski definition) is 4. The predicted molar refractivity (Wildman–Crippen MR) is 83.9 cm³/mol. The Kier molecular flexibility index (Phi) is 4.59. The van der Waals surface area contributed by atoms with Crippen molar-refractivity contribution in [3.63, 3.8) is 0 Å². The third kappa shape index (κ3) is 3.09. The number of nitrogens with one attached hydrogen (secondary N) is 2. The summed E-state index contributed by atoms with van der Waals surface area (Å²) < 4.78 is 0.749. The summed E-state index contributed by atoms with van der Waals surface area (Å²) in [5, 5.41) is 3.34. The van der Waals surface area contributed by atoms with Gasteiger partial charge in [-0.05, 0) is 46.6 Å². The van der Waals surface area contributed by atoms with E-state index in [1.54, 1.807) is 18.3 Å². The molecule has 0 radical (unpaired) electrons. The van der Waals surface area contributed by atoms with Gasteiger partial charge in [-0.1, -0.05) is 11.6 Å². The van der Waals surface area contributed by atoms with Crippen LogP contribution in [0.25, 0.3) is 0 Å². The Bertz CT molecular complexity index is 663. The van der Waals surface area contributed by atoms with Crippen molar-refractivity contribution in [2.24, 2.45) is 5.84 Å². The number of nitrogen functional groups attached to an aromatic ring is 1. The summed E-state index contributed by atoms with van der Waals surface area (Å²) in [7, 11) is 0. The summed E-state index contributed by atoms with van der Waals surface area (Å²) in [4.78, 5) is 16.1. The third-order valence-electron chi connectivity index (χ3n) is 2.72. The average molecular weight is 356 g/mol. The number of pyridine rings is 1. The van der Waals surface area contributed by atoms with Gasteiger partial charge in [0.2, 0.25) is 0 Å². The molecule has 0 aliphatic rings. The van der Waals surface area contributed by atoms with Gasteiger partial charge in [0, 0.05) is 21.9 Å². The smallest absolute Gasteiger partial charge is 0.259 e. The van der Waals surface area contributed by atoms with Crippen molar-refractivity contribution in [2.75, 3.05) is 10.7 Å². The van der Waals surface area contributed by atoms with Crippen molar-refractivity contribution in [2.45, 2.75) is 6.92 Å². The normalized spacial score (nSPS) is 10.2. The highest BCUT2D eigenvalue weighted by atomic mass is 79.9. The lowest BCUT2D eigenvalue weighted by Gasteiger charge is -2.11. The maximum Gasteiger partial charge on any atom is 0.259 e. The molecule has 0 unspecified atom stereocenters. The zero-order chi connectivity index (χ0) is 14.7. The van der Waals surface area contributed by atoms with Crippen LogP contribution in [0.15, 0.2) is 35.1 Å². The van der Waals surface area contributed by atoms with Crippen molar-refractivity contribution in [1.29, 1.82) is 0 Å². The van der Waals surface area contributed by atoms with Crippen LogP contribution < -0.4 is 16.6 Å². The fraction of sp³-hybridized carbons (Fsp3) is 0.0769. The van der Waals surface area contributed by atoms with E-state index in [1.807, 2.05) is 13.0 Å². The van der Waals surface area contributed by atoms with Crippen LogP contribution >= 0.6 is 27.5 Å². The van der Waals surface area contributed by atoms with Gasteiger partial charge in [0.15, 0.2) is 0 Å². The lowest BCUT2D eigenvalue weighted by Crippen LogP contribution is -2.17. The van der Waals surface area contributed by atoms with Crippen LogP contribution in [0, 0.1) is 6.92 Å². The Hall–Kier alpha value is -1.63. The lowest BCUT2D eigenvalue weighted by atomic mass is 10.2. The van der Waals surface area contributed by atoms with E-state index in [9.17, 15) is 4.79 Å². The van der Waals surface area contributed by atoms with Crippen LogP contribution in [-0.2, 0) is 0 Å². The number of nitrogens with zero attached hydrogens (tertiary/aromatic N) is 1. The molecule has 104 valence electrons. The Morgan fingerprint density at radius 2 is 2.15 bits per heavy atom. The zero-order valence-electron chi connectivity index (χ0n) is 10.6. The van der Waals surface area contributed by atoms with Crippen LogP contribution in [0.4, 0.5) is 11.4 Å². The van der Waals surface area contributed by atoms with E-state index < -0.39 is 0 Å². The number of carbonyl (C=O) groups excluding carboxylic acids is 1. The molecule has 0 atom stereocenters. The molecule has 0 bridgehead atoms. The molecule has 7 heteroatoms. The van der Waals surface area contributed by atoms with E-state index >= 15 is 0 Å². The van der Waals surface area contributed by atoms with E-state index in [2.05, 4.69) is 31.7 Å². The van der Waals surface area contributed by atoms with E-state index in [-0.39, 0.29) is 5.91 Å². The van der Waals surface area contributed by atoms with Crippen LogP contribution in [0.1, 0.15) is 15.9 Å². The van der Waals surface area contributed by atoms with Gasteiger partial charge in [0.05, 0.1) is 16.9 Å². The van der Waals surface area contributed by atoms with Crippen molar-refractivity contribution >= 4 is 44.8 Å². The first-order valence-electron chi connectivity index (χ1n) is 5.70. The van der Waals surface area contributed by atoms with Gasteiger partial charge in [0.25, 0.3) is 5.91 Å². The first-order chi connectivity index (χ1) is 9.52. The van der Waals surface area contributed by atoms with Crippen LogP contribution in [0.3, 0.4) is 0 Å². The number of halogens is 2. The first-order valence-corrected chi connectivity index (χ1v) is 6.87. The van der Waals surface area contributed by atoms with E-state index in [1.165, 1.54) is 6.20 Å². The molecule has 1 amide bonds. The standard InChI is InChI=1S/C13H12BrClN4O/c1-7-4-9(14)12(5-10(7)15)18-13(20)8-6-17-3-2-11(8)19-16/h2-6H,16H2,1H3,(H,17,19)(H,18,20). The molecule has 0 saturated carbocycles. The third-order valence-corrected chi connectivity index (χ3v) is 3.78. The average Bonchev–Trinajstić information content (AvgIpc) is 2.44. The second-order valence-electron chi connectivity index (χ2n) is 4.10. The molecular weight excluding hydrogens is 344 g/mol. The van der Waals surface area contributed by atoms with Gasteiger partial charge in [-0.2, -0.15) is 0 Å².